The molecule has 1 aromatic rings. The van der Waals surface area contributed by atoms with Gasteiger partial charge in [0.25, 0.3) is 0 Å². The van der Waals surface area contributed by atoms with Crippen LogP contribution >= 0.6 is 0 Å². The fourth-order valence-electron chi connectivity index (χ4n) is 8.16. The number of rotatable bonds is 15. The molecule has 1 spiro atoms. The van der Waals surface area contributed by atoms with Gasteiger partial charge >= 0.3 is 0 Å². The number of oxime groups is 1. The number of nitrogens with two attached hydrogens (primary N) is 1. The van der Waals surface area contributed by atoms with Gasteiger partial charge in [0, 0.05) is 32.8 Å². The van der Waals surface area contributed by atoms with Gasteiger partial charge in [0.1, 0.15) is 12.1 Å². The van der Waals surface area contributed by atoms with Gasteiger partial charge in [0.15, 0.2) is 17.2 Å². The van der Waals surface area contributed by atoms with Crippen LogP contribution in [0, 0.1) is 23.2 Å². The third kappa shape index (κ3) is 8.98. The summed E-state index contributed by atoms with van der Waals surface area (Å²) in [6, 6.07) is 7.36. The largest absolute Gasteiger partial charge is 0.387 e. The highest BCUT2D eigenvalue weighted by Crippen LogP contribution is 2.41. The number of likely N-dealkylation sites (tertiary alicyclic amines) is 1. The molecule has 49 heavy (non-hydrogen) atoms. The van der Waals surface area contributed by atoms with E-state index in [-0.39, 0.29) is 54.6 Å². The van der Waals surface area contributed by atoms with Gasteiger partial charge < -0.3 is 25.5 Å². The molecule has 6 atom stereocenters. The monoisotopic (exact) mass is 678 g/mol. The van der Waals surface area contributed by atoms with E-state index in [9.17, 15) is 19.2 Å². The van der Waals surface area contributed by atoms with Crippen LogP contribution in [0.1, 0.15) is 117 Å². The van der Waals surface area contributed by atoms with Gasteiger partial charge in [-0.05, 0) is 60.8 Å². The first kappa shape index (κ1) is 37.2. The second-order valence-electron chi connectivity index (χ2n) is 16.3. The lowest BCUT2D eigenvalue weighted by atomic mass is 9.82. The third-order valence-electron chi connectivity index (χ3n) is 11.2. The van der Waals surface area contributed by atoms with E-state index in [1.807, 2.05) is 58.0 Å². The van der Waals surface area contributed by atoms with Crippen LogP contribution in [-0.2, 0) is 28.8 Å². The number of ether oxygens (including phenoxy) is 1. The summed E-state index contributed by atoms with van der Waals surface area (Å²) in [5.41, 5.74) is 6.66. The number of methoxy groups -OCH3 is 1. The van der Waals surface area contributed by atoms with Crippen molar-refractivity contribution in [1.29, 1.82) is 0 Å². The molecule has 2 saturated carbocycles. The molecule has 270 valence electrons. The number of hydrogen-bond acceptors (Lipinski definition) is 8. The van der Waals surface area contributed by atoms with Crippen molar-refractivity contribution in [2.45, 2.75) is 141 Å². The topological polar surface area (TPSA) is 140 Å². The molecule has 1 unspecified atom stereocenters. The number of Topliss-reactive ketones (excluding diaryl/α,β-unsaturated/α-hetero) is 2. The summed E-state index contributed by atoms with van der Waals surface area (Å²) in [6.45, 7) is 7.95. The molecule has 4 aliphatic rings. The van der Waals surface area contributed by atoms with Crippen LogP contribution in [0.15, 0.2) is 35.5 Å². The van der Waals surface area contributed by atoms with Crippen molar-refractivity contribution in [2.24, 2.45) is 34.1 Å². The number of nitrogens with one attached hydrogen (secondary N) is 1. The van der Waals surface area contributed by atoms with Crippen molar-refractivity contribution in [3.05, 3.63) is 35.9 Å². The van der Waals surface area contributed by atoms with Crippen molar-refractivity contribution in [2.75, 3.05) is 13.7 Å². The minimum Gasteiger partial charge on any atom is -0.387 e. The van der Waals surface area contributed by atoms with Gasteiger partial charge in [0.05, 0.1) is 24.3 Å². The molecule has 0 radical (unpaired) electrons. The van der Waals surface area contributed by atoms with E-state index in [0.29, 0.717) is 25.2 Å². The highest BCUT2D eigenvalue weighted by Gasteiger charge is 2.55. The lowest BCUT2D eigenvalue weighted by Crippen LogP contribution is -2.60. The molecule has 5 rings (SSSR count). The van der Waals surface area contributed by atoms with E-state index in [4.69, 9.17) is 15.3 Å². The number of benzene rings is 1. The Bertz CT molecular complexity index is 1360. The molecule has 2 amide bonds. The highest BCUT2D eigenvalue weighted by molar-refractivity contribution is 6.02. The van der Waals surface area contributed by atoms with Crippen LogP contribution in [0.25, 0.3) is 0 Å². The predicted octanol–water partition coefficient (Wildman–Crippen LogP) is 5.35. The molecule has 10 heteroatoms. The molecule has 0 bridgehead atoms. The van der Waals surface area contributed by atoms with Crippen LogP contribution in [0.5, 0.6) is 0 Å². The van der Waals surface area contributed by atoms with Crippen LogP contribution in [0.2, 0.25) is 0 Å². The number of amides is 2. The quantitative estimate of drug-likeness (QED) is 0.255. The number of carbonyl (C=O) groups is 4. The molecule has 1 saturated heterocycles. The van der Waals surface area contributed by atoms with E-state index in [0.717, 1.165) is 62.6 Å². The SMILES string of the molecule is CCC[C@H](CC(=O)[C@@H]1C[C@]2(CC(c3ccccc3)=NO2)CN1C(=O)[C@@H](NC(=O)[C@@H](N)C1CCCCC1)C(C)(C)C)C(OC)C(=O)CC1CC1. The van der Waals surface area contributed by atoms with E-state index in [1.54, 1.807) is 12.0 Å². The molecule has 2 heterocycles. The van der Waals surface area contributed by atoms with Crippen LogP contribution < -0.4 is 11.1 Å². The Morgan fingerprint density at radius 2 is 1.78 bits per heavy atom. The molecule has 2 aliphatic carbocycles. The Kier molecular flexibility index (Phi) is 12.0. The second-order valence-corrected chi connectivity index (χ2v) is 16.3. The zero-order valence-electron chi connectivity index (χ0n) is 30.2. The zero-order chi connectivity index (χ0) is 35.3. The maximum atomic E-state index is 14.7. The van der Waals surface area contributed by atoms with Crippen molar-refractivity contribution in [3.63, 3.8) is 0 Å². The Balaban J connectivity index is 1.40. The van der Waals surface area contributed by atoms with Gasteiger partial charge in [0.2, 0.25) is 11.8 Å². The summed E-state index contributed by atoms with van der Waals surface area (Å²) in [7, 11) is 1.55. The molecule has 10 nitrogen and oxygen atoms in total. The summed E-state index contributed by atoms with van der Waals surface area (Å²) < 4.78 is 5.76. The highest BCUT2D eigenvalue weighted by atomic mass is 16.7. The Morgan fingerprint density at radius 3 is 2.39 bits per heavy atom. The van der Waals surface area contributed by atoms with E-state index in [2.05, 4.69) is 10.5 Å². The standard InChI is InChI=1S/C39H58N4O6/c1-6-13-28(34(48-5)32(45)20-25-18-19-25)21-31(44)30-23-39(22-29(42-49-39)26-14-9-7-10-15-26)24-43(30)37(47)35(38(2,3)4)41-36(46)33(40)27-16-11-8-12-17-27/h7,9-10,14-15,25,27-28,30,33-35H,6,8,11-13,16-24,40H2,1-5H3,(H,41,46)/t28-,30+,33+,34?,35-,39-/m1/s1. The van der Waals surface area contributed by atoms with Gasteiger partial charge in [-0.1, -0.05) is 88.9 Å². The maximum Gasteiger partial charge on any atom is 0.246 e. The molecular formula is C39H58N4O6. The molecular weight excluding hydrogens is 620 g/mol. The molecule has 0 aromatic heterocycles. The Morgan fingerprint density at radius 1 is 1.08 bits per heavy atom. The van der Waals surface area contributed by atoms with Gasteiger partial charge in [-0.25, -0.2) is 0 Å². The summed E-state index contributed by atoms with van der Waals surface area (Å²) in [4.78, 5) is 63.8. The van der Waals surface area contributed by atoms with E-state index >= 15 is 0 Å². The maximum absolute atomic E-state index is 14.7. The van der Waals surface area contributed by atoms with Gasteiger partial charge in [-0.15, -0.1) is 0 Å². The van der Waals surface area contributed by atoms with Crippen molar-refractivity contribution < 1.29 is 28.8 Å². The predicted molar refractivity (Wildman–Crippen MR) is 189 cm³/mol. The first-order valence-corrected chi connectivity index (χ1v) is 18.6. The normalized spacial score (nSPS) is 25.3. The average Bonchev–Trinajstić information content (AvgIpc) is 3.68. The van der Waals surface area contributed by atoms with Crippen molar-refractivity contribution in [1.82, 2.24) is 10.2 Å². The fourth-order valence-corrected chi connectivity index (χ4v) is 8.16. The third-order valence-corrected chi connectivity index (χ3v) is 11.2. The lowest BCUT2D eigenvalue weighted by Gasteiger charge is -2.37. The van der Waals surface area contributed by atoms with Crippen LogP contribution in [-0.4, -0.2) is 77.5 Å². The lowest BCUT2D eigenvalue weighted by molar-refractivity contribution is -0.145. The van der Waals surface area contributed by atoms with Gasteiger partial charge in [-0.2, -0.15) is 0 Å². The number of nitrogens with zero attached hydrogens (tertiary/aromatic N) is 2. The number of ketones is 2. The van der Waals surface area contributed by atoms with Gasteiger partial charge in [-0.3, -0.25) is 19.2 Å². The minimum absolute atomic E-state index is 0.0527. The van der Waals surface area contributed by atoms with E-state index < -0.39 is 35.2 Å². The molecule has 1 aromatic carbocycles. The first-order chi connectivity index (χ1) is 23.4. The summed E-state index contributed by atoms with van der Waals surface area (Å²) in [6.07, 6.45) is 9.27. The van der Waals surface area contributed by atoms with Crippen LogP contribution in [0.4, 0.5) is 0 Å². The molecule has 2 aliphatic heterocycles. The van der Waals surface area contributed by atoms with Crippen molar-refractivity contribution >= 4 is 29.1 Å². The second kappa shape index (κ2) is 15.8. The fraction of sp³-hybridized carbons (Fsp3) is 0.718. The summed E-state index contributed by atoms with van der Waals surface area (Å²) >= 11 is 0. The number of hydrogen-bond donors (Lipinski definition) is 2. The smallest absolute Gasteiger partial charge is 0.246 e. The first-order valence-electron chi connectivity index (χ1n) is 18.6. The Labute approximate surface area is 292 Å². The summed E-state index contributed by atoms with van der Waals surface area (Å²) in [5.74, 6) is -0.528. The minimum atomic E-state index is -0.908. The summed E-state index contributed by atoms with van der Waals surface area (Å²) in [5, 5.41) is 7.48. The van der Waals surface area contributed by atoms with E-state index in [1.165, 1.54) is 0 Å². The average molecular weight is 679 g/mol. The Hall–Kier alpha value is -3.11. The number of carbonyl (C=O) groups excluding carboxylic acids is 4. The zero-order valence-corrected chi connectivity index (χ0v) is 30.2. The van der Waals surface area contributed by atoms with Crippen LogP contribution in [0.3, 0.4) is 0 Å². The molecule has 3 N–H and O–H groups in total. The molecule has 3 fully saturated rings. The van der Waals surface area contributed by atoms with Crippen molar-refractivity contribution in [3.8, 4) is 0 Å².